The highest BCUT2D eigenvalue weighted by Gasteiger charge is 2.36. The van der Waals surface area contributed by atoms with Gasteiger partial charge in [0, 0.05) is 38.9 Å². The van der Waals surface area contributed by atoms with Gasteiger partial charge in [-0.15, -0.1) is 0 Å². The minimum atomic E-state index is -0.330. The third kappa shape index (κ3) is 4.33. The second kappa shape index (κ2) is 8.49. The maximum absolute atomic E-state index is 13.0. The third-order valence-electron chi connectivity index (χ3n) is 5.45. The monoisotopic (exact) mass is 362 g/mol. The Bertz CT molecular complexity index is 623. The van der Waals surface area contributed by atoms with E-state index in [9.17, 15) is 14.0 Å². The topological polar surface area (TPSA) is 64.7 Å². The van der Waals surface area contributed by atoms with Crippen LogP contribution in [0.1, 0.15) is 25.7 Å². The van der Waals surface area contributed by atoms with Gasteiger partial charge in [-0.2, -0.15) is 0 Å². The molecular weight excluding hydrogens is 335 g/mol. The van der Waals surface area contributed by atoms with E-state index in [1.54, 1.807) is 24.1 Å². The fraction of sp³-hybridized carbons (Fsp3) is 0.579. The zero-order chi connectivity index (χ0) is 18.5. The molecule has 1 atom stereocenters. The van der Waals surface area contributed by atoms with Gasteiger partial charge < -0.3 is 15.5 Å². The van der Waals surface area contributed by atoms with Gasteiger partial charge in [0.2, 0.25) is 5.91 Å². The van der Waals surface area contributed by atoms with Gasteiger partial charge in [0.05, 0.1) is 6.04 Å². The number of carbonyl (C=O) groups is 2. The number of benzene rings is 1. The Morgan fingerprint density at radius 1 is 1.08 bits per heavy atom. The van der Waals surface area contributed by atoms with E-state index >= 15 is 0 Å². The average Bonchev–Trinajstić information content (AvgIpc) is 3.18. The van der Waals surface area contributed by atoms with E-state index in [0.29, 0.717) is 37.8 Å². The molecule has 2 N–H and O–H groups in total. The fourth-order valence-electron chi connectivity index (χ4n) is 4.04. The minimum absolute atomic E-state index is 0.0844. The molecule has 3 rings (SSSR count). The van der Waals surface area contributed by atoms with E-state index in [0.717, 1.165) is 12.8 Å². The number of hydrogen-bond donors (Lipinski definition) is 2. The maximum Gasteiger partial charge on any atom is 0.321 e. The van der Waals surface area contributed by atoms with Gasteiger partial charge in [0.25, 0.3) is 0 Å². The highest BCUT2D eigenvalue weighted by Crippen LogP contribution is 2.31. The van der Waals surface area contributed by atoms with E-state index in [4.69, 9.17) is 0 Å². The van der Waals surface area contributed by atoms with Crippen LogP contribution in [-0.4, -0.2) is 61.0 Å². The maximum atomic E-state index is 13.0. The molecule has 7 heteroatoms. The number of nitrogens with one attached hydrogen (secondary N) is 2. The van der Waals surface area contributed by atoms with Crippen LogP contribution >= 0.6 is 0 Å². The van der Waals surface area contributed by atoms with Gasteiger partial charge in [0.1, 0.15) is 5.82 Å². The highest BCUT2D eigenvalue weighted by molar-refractivity contribution is 5.89. The summed E-state index contributed by atoms with van der Waals surface area (Å²) in [6, 6.07) is 5.46. The molecule has 0 spiro atoms. The first-order valence-corrected chi connectivity index (χ1v) is 9.35. The molecule has 1 aromatic carbocycles. The minimum Gasteiger partial charge on any atom is -0.358 e. The van der Waals surface area contributed by atoms with Crippen LogP contribution < -0.4 is 10.6 Å². The van der Waals surface area contributed by atoms with Crippen molar-refractivity contribution in [2.75, 3.05) is 38.5 Å². The van der Waals surface area contributed by atoms with Crippen LogP contribution in [0.3, 0.4) is 0 Å². The predicted molar refractivity (Wildman–Crippen MR) is 98.4 cm³/mol. The molecule has 1 aromatic rings. The molecule has 0 bridgehead atoms. The molecule has 2 fully saturated rings. The van der Waals surface area contributed by atoms with Crippen molar-refractivity contribution in [3.05, 3.63) is 30.1 Å². The standard InChI is InChI=1S/C19H27FN4O2/c1-21-18(25)17(14-4-2-3-5-14)23-10-12-24(13-11-23)19(26)22-16-8-6-15(20)7-9-16/h6-9,14,17H,2-5,10-13H2,1H3,(H,21,25)(H,22,26). The number of halogens is 1. The van der Waals surface area contributed by atoms with Gasteiger partial charge in [0.15, 0.2) is 0 Å². The number of anilines is 1. The van der Waals surface area contributed by atoms with Gasteiger partial charge in [-0.1, -0.05) is 12.8 Å². The van der Waals surface area contributed by atoms with Gasteiger partial charge >= 0.3 is 6.03 Å². The fourth-order valence-corrected chi connectivity index (χ4v) is 4.04. The summed E-state index contributed by atoms with van der Waals surface area (Å²) in [5.74, 6) is 0.166. The Labute approximate surface area is 153 Å². The summed E-state index contributed by atoms with van der Waals surface area (Å²) >= 11 is 0. The predicted octanol–water partition coefficient (Wildman–Crippen LogP) is 2.28. The summed E-state index contributed by atoms with van der Waals surface area (Å²) in [5, 5.41) is 5.60. The van der Waals surface area contributed by atoms with Crippen molar-refractivity contribution in [3.63, 3.8) is 0 Å². The summed E-state index contributed by atoms with van der Waals surface area (Å²) in [5.41, 5.74) is 0.577. The molecule has 1 saturated carbocycles. The van der Waals surface area contributed by atoms with Crippen LogP contribution in [0.15, 0.2) is 24.3 Å². The molecule has 3 amide bonds. The first-order valence-electron chi connectivity index (χ1n) is 9.35. The molecule has 142 valence electrons. The number of amides is 3. The third-order valence-corrected chi connectivity index (χ3v) is 5.45. The SMILES string of the molecule is CNC(=O)C(C1CCCC1)N1CCN(C(=O)Nc2ccc(F)cc2)CC1. The molecule has 1 saturated heterocycles. The Morgan fingerprint density at radius 2 is 1.69 bits per heavy atom. The number of likely N-dealkylation sites (N-methyl/N-ethyl adjacent to an activating group) is 1. The highest BCUT2D eigenvalue weighted by atomic mass is 19.1. The quantitative estimate of drug-likeness (QED) is 0.864. The van der Waals surface area contributed by atoms with Gasteiger partial charge in [-0.25, -0.2) is 9.18 Å². The lowest BCUT2D eigenvalue weighted by Gasteiger charge is -2.40. The second-order valence-corrected chi connectivity index (χ2v) is 7.06. The molecule has 6 nitrogen and oxygen atoms in total. The second-order valence-electron chi connectivity index (χ2n) is 7.06. The Morgan fingerprint density at radius 3 is 2.27 bits per heavy atom. The van der Waals surface area contributed by atoms with Crippen molar-refractivity contribution >= 4 is 17.6 Å². The van der Waals surface area contributed by atoms with E-state index in [1.807, 2.05) is 0 Å². The van der Waals surface area contributed by atoms with E-state index in [2.05, 4.69) is 15.5 Å². The summed E-state index contributed by atoms with van der Waals surface area (Å²) < 4.78 is 13.0. The lowest BCUT2D eigenvalue weighted by molar-refractivity contribution is -0.128. The first-order chi connectivity index (χ1) is 12.6. The van der Waals surface area contributed by atoms with Crippen molar-refractivity contribution in [1.82, 2.24) is 15.1 Å². The molecule has 1 heterocycles. The molecule has 1 aliphatic carbocycles. The van der Waals surface area contributed by atoms with Crippen LogP contribution in [0.25, 0.3) is 0 Å². The Hall–Kier alpha value is -2.15. The van der Waals surface area contributed by atoms with Crippen molar-refractivity contribution in [2.24, 2.45) is 5.92 Å². The summed E-state index contributed by atoms with van der Waals surface area (Å²) in [4.78, 5) is 28.8. The molecular formula is C19H27FN4O2. The van der Waals surface area contributed by atoms with Crippen LogP contribution in [0, 0.1) is 11.7 Å². The number of rotatable bonds is 4. The van der Waals surface area contributed by atoms with Gasteiger partial charge in [-0.05, 0) is 43.0 Å². The van der Waals surface area contributed by atoms with E-state index in [1.165, 1.54) is 25.0 Å². The first kappa shape index (κ1) is 18.6. The molecule has 2 aliphatic rings. The molecule has 1 aliphatic heterocycles. The largest absolute Gasteiger partial charge is 0.358 e. The van der Waals surface area contributed by atoms with Crippen molar-refractivity contribution in [1.29, 1.82) is 0 Å². The summed E-state index contributed by atoms with van der Waals surface area (Å²) in [6.07, 6.45) is 4.59. The van der Waals surface area contributed by atoms with E-state index in [-0.39, 0.29) is 23.8 Å². The van der Waals surface area contributed by atoms with Crippen molar-refractivity contribution in [3.8, 4) is 0 Å². The normalized spacial score (nSPS) is 20.0. The summed E-state index contributed by atoms with van der Waals surface area (Å²) in [7, 11) is 1.69. The molecule has 26 heavy (non-hydrogen) atoms. The molecule has 0 aromatic heterocycles. The van der Waals surface area contributed by atoms with Crippen molar-refractivity contribution in [2.45, 2.75) is 31.7 Å². The zero-order valence-corrected chi connectivity index (χ0v) is 15.2. The van der Waals surface area contributed by atoms with E-state index < -0.39 is 0 Å². The molecule has 0 radical (unpaired) electrons. The van der Waals surface area contributed by atoms with Crippen LogP contribution in [0.2, 0.25) is 0 Å². The Kier molecular flexibility index (Phi) is 6.08. The lowest BCUT2D eigenvalue weighted by atomic mass is 9.95. The number of piperazine rings is 1. The smallest absolute Gasteiger partial charge is 0.321 e. The molecule has 1 unspecified atom stereocenters. The van der Waals surface area contributed by atoms with Crippen LogP contribution in [0.4, 0.5) is 14.9 Å². The summed E-state index contributed by atoms with van der Waals surface area (Å²) in [6.45, 7) is 2.53. The van der Waals surface area contributed by atoms with Crippen LogP contribution in [0.5, 0.6) is 0 Å². The number of hydrogen-bond acceptors (Lipinski definition) is 3. The zero-order valence-electron chi connectivity index (χ0n) is 15.2. The Balaban J connectivity index is 1.56. The number of nitrogens with zero attached hydrogens (tertiary/aromatic N) is 2. The number of urea groups is 1. The average molecular weight is 362 g/mol. The number of carbonyl (C=O) groups excluding carboxylic acids is 2. The lowest BCUT2D eigenvalue weighted by Crippen LogP contribution is -2.58. The van der Waals surface area contributed by atoms with Gasteiger partial charge in [-0.3, -0.25) is 9.69 Å². The van der Waals surface area contributed by atoms with Crippen molar-refractivity contribution < 1.29 is 14.0 Å². The van der Waals surface area contributed by atoms with Crippen LogP contribution in [-0.2, 0) is 4.79 Å².